The highest BCUT2D eigenvalue weighted by Crippen LogP contribution is 2.29. The van der Waals surface area contributed by atoms with E-state index >= 15 is 0 Å². The lowest BCUT2D eigenvalue weighted by Gasteiger charge is -2.16. The number of likely N-dealkylation sites (N-methyl/N-ethyl adjacent to an activating group) is 1. The molecule has 0 bridgehead atoms. The molecule has 108 valence electrons. The molecule has 1 unspecified atom stereocenters. The molecular formula is C16H21NO3. The zero-order valence-electron chi connectivity index (χ0n) is 12.2. The third-order valence-electron chi connectivity index (χ3n) is 3.22. The van der Waals surface area contributed by atoms with E-state index in [2.05, 4.69) is 18.3 Å². The molecule has 0 amide bonds. The number of rotatable bonds is 7. The molecule has 1 heterocycles. The fourth-order valence-corrected chi connectivity index (χ4v) is 2.25. The van der Waals surface area contributed by atoms with Crippen LogP contribution in [0.3, 0.4) is 0 Å². The van der Waals surface area contributed by atoms with Gasteiger partial charge in [0.2, 0.25) is 0 Å². The second kappa shape index (κ2) is 7.01. The minimum atomic E-state index is 0.160. The van der Waals surface area contributed by atoms with Crippen molar-refractivity contribution in [2.45, 2.75) is 19.4 Å². The van der Waals surface area contributed by atoms with Crippen LogP contribution in [-0.2, 0) is 6.42 Å². The Balaban J connectivity index is 2.18. The standard InChI is InChI=1S/C16H21NO3/c1-4-17-13(14-6-5-9-20-14)10-12-7-8-15(18-2)16(11-12)19-3/h5-9,11,13,17H,4,10H2,1-3H3. The van der Waals surface area contributed by atoms with E-state index in [1.165, 1.54) is 5.56 Å². The number of nitrogens with one attached hydrogen (secondary N) is 1. The van der Waals surface area contributed by atoms with Crippen LogP contribution in [0.4, 0.5) is 0 Å². The molecule has 0 saturated heterocycles. The molecule has 1 atom stereocenters. The number of hydrogen-bond donors (Lipinski definition) is 1. The molecule has 4 nitrogen and oxygen atoms in total. The van der Waals surface area contributed by atoms with Crippen LogP contribution in [0.25, 0.3) is 0 Å². The lowest BCUT2D eigenvalue weighted by Crippen LogP contribution is -2.22. The SMILES string of the molecule is CCNC(Cc1ccc(OC)c(OC)c1)c1ccco1. The number of methoxy groups -OCH3 is 2. The summed E-state index contributed by atoms with van der Waals surface area (Å²) in [5.74, 6) is 2.44. The third-order valence-corrected chi connectivity index (χ3v) is 3.22. The summed E-state index contributed by atoms with van der Waals surface area (Å²) in [6, 6.07) is 10.1. The van der Waals surface area contributed by atoms with Gasteiger partial charge in [0.15, 0.2) is 11.5 Å². The first-order valence-electron chi connectivity index (χ1n) is 6.76. The van der Waals surface area contributed by atoms with E-state index in [9.17, 15) is 0 Å². The van der Waals surface area contributed by atoms with Gasteiger partial charge in [0.05, 0.1) is 26.5 Å². The summed E-state index contributed by atoms with van der Waals surface area (Å²) >= 11 is 0. The molecule has 2 rings (SSSR count). The van der Waals surface area contributed by atoms with E-state index in [0.717, 1.165) is 30.2 Å². The number of furan rings is 1. The Morgan fingerprint density at radius 2 is 1.95 bits per heavy atom. The summed E-state index contributed by atoms with van der Waals surface area (Å²) in [4.78, 5) is 0. The molecule has 4 heteroatoms. The lowest BCUT2D eigenvalue weighted by atomic mass is 10.0. The molecule has 0 fully saturated rings. The molecule has 0 radical (unpaired) electrons. The average molecular weight is 275 g/mol. The average Bonchev–Trinajstić information content (AvgIpc) is 3.00. The van der Waals surface area contributed by atoms with E-state index in [-0.39, 0.29) is 6.04 Å². The van der Waals surface area contributed by atoms with Crippen molar-refractivity contribution in [2.75, 3.05) is 20.8 Å². The summed E-state index contributed by atoms with van der Waals surface area (Å²) in [5, 5.41) is 3.43. The van der Waals surface area contributed by atoms with Crippen molar-refractivity contribution in [1.29, 1.82) is 0 Å². The fourth-order valence-electron chi connectivity index (χ4n) is 2.25. The van der Waals surface area contributed by atoms with Crippen molar-refractivity contribution in [2.24, 2.45) is 0 Å². The summed E-state index contributed by atoms with van der Waals surface area (Å²) in [5.41, 5.74) is 1.17. The Morgan fingerprint density at radius 1 is 1.15 bits per heavy atom. The first-order chi connectivity index (χ1) is 9.78. The maximum Gasteiger partial charge on any atom is 0.160 e. The van der Waals surface area contributed by atoms with Gasteiger partial charge in [-0.05, 0) is 42.8 Å². The van der Waals surface area contributed by atoms with Gasteiger partial charge in [-0.15, -0.1) is 0 Å². The summed E-state index contributed by atoms with van der Waals surface area (Å²) in [6.07, 6.45) is 2.54. The van der Waals surface area contributed by atoms with Crippen LogP contribution in [-0.4, -0.2) is 20.8 Å². The van der Waals surface area contributed by atoms with Crippen molar-refractivity contribution in [3.63, 3.8) is 0 Å². The van der Waals surface area contributed by atoms with Crippen LogP contribution in [0.5, 0.6) is 11.5 Å². The lowest BCUT2D eigenvalue weighted by molar-refractivity contribution is 0.354. The first kappa shape index (κ1) is 14.5. The zero-order valence-corrected chi connectivity index (χ0v) is 12.2. The highest BCUT2D eigenvalue weighted by molar-refractivity contribution is 5.43. The molecule has 1 N–H and O–H groups in total. The quantitative estimate of drug-likeness (QED) is 0.842. The Hall–Kier alpha value is -1.94. The van der Waals surface area contributed by atoms with E-state index in [1.807, 2.05) is 24.3 Å². The predicted molar refractivity (Wildman–Crippen MR) is 78.4 cm³/mol. The van der Waals surface area contributed by atoms with Crippen molar-refractivity contribution in [3.8, 4) is 11.5 Å². The van der Waals surface area contributed by atoms with E-state index in [1.54, 1.807) is 20.5 Å². The largest absolute Gasteiger partial charge is 0.493 e. The topological polar surface area (TPSA) is 43.6 Å². The third kappa shape index (κ3) is 3.33. The van der Waals surface area contributed by atoms with Gasteiger partial charge in [0.25, 0.3) is 0 Å². The smallest absolute Gasteiger partial charge is 0.160 e. The monoisotopic (exact) mass is 275 g/mol. The molecule has 1 aromatic heterocycles. The fraction of sp³-hybridized carbons (Fsp3) is 0.375. The minimum absolute atomic E-state index is 0.160. The second-order valence-corrected chi connectivity index (χ2v) is 4.52. The number of benzene rings is 1. The number of ether oxygens (including phenoxy) is 2. The molecule has 2 aromatic rings. The van der Waals surface area contributed by atoms with E-state index in [0.29, 0.717) is 0 Å². The Kier molecular flexibility index (Phi) is 5.07. The van der Waals surface area contributed by atoms with Gasteiger partial charge in [-0.3, -0.25) is 0 Å². The van der Waals surface area contributed by atoms with Crippen molar-refractivity contribution < 1.29 is 13.9 Å². The summed E-state index contributed by atoms with van der Waals surface area (Å²) in [7, 11) is 3.29. The molecule has 0 saturated carbocycles. The maximum atomic E-state index is 5.50. The molecule has 0 aliphatic carbocycles. The normalized spacial score (nSPS) is 12.2. The minimum Gasteiger partial charge on any atom is -0.493 e. The van der Waals surface area contributed by atoms with Crippen molar-refractivity contribution >= 4 is 0 Å². The van der Waals surface area contributed by atoms with Gasteiger partial charge in [0.1, 0.15) is 5.76 Å². The molecule has 1 aromatic carbocycles. The Morgan fingerprint density at radius 3 is 2.55 bits per heavy atom. The first-order valence-corrected chi connectivity index (χ1v) is 6.76. The van der Waals surface area contributed by atoms with Gasteiger partial charge in [-0.2, -0.15) is 0 Å². The highest BCUT2D eigenvalue weighted by Gasteiger charge is 2.15. The Labute approximate surface area is 119 Å². The van der Waals surface area contributed by atoms with Crippen LogP contribution in [0.2, 0.25) is 0 Å². The molecular weight excluding hydrogens is 254 g/mol. The molecule has 0 aliphatic heterocycles. The zero-order chi connectivity index (χ0) is 14.4. The van der Waals surface area contributed by atoms with Gasteiger partial charge in [0, 0.05) is 0 Å². The highest BCUT2D eigenvalue weighted by atomic mass is 16.5. The maximum absolute atomic E-state index is 5.50. The second-order valence-electron chi connectivity index (χ2n) is 4.52. The van der Waals surface area contributed by atoms with Crippen LogP contribution in [0.15, 0.2) is 41.0 Å². The van der Waals surface area contributed by atoms with E-state index in [4.69, 9.17) is 13.9 Å². The molecule has 20 heavy (non-hydrogen) atoms. The van der Waals surface area contributed by atoms with Crippen LogP contribution >= 0.6 is 0 Å². The number of hydrogen-bond acceptors (Lipinski definition) is 4. The van der Waals surface area contributed by atoms with Crippen LogP contribution in [0, 0.1) is 0 Å². The molecule has 0 spiro atoms. The van der Waals surface area contributed by atoms with Crippen LogP contribution < -0.4 is 14.8 Å². The Bertz CT molecular complexity index is 523. The predicted octanol–water partition coefficient (Wildman–Crippen LogP) is 3.19. The van der Waals surface area contributed by atoms with Gasteiger partial charge >= 0.3 is 0 Å². The van der Waals surface area contributed by atoms with Gasteiger partial charge in [-0.1, -0.05) is 13.0 Å². The summed E-state index contributed by atoms with van der Waals surface area (Å²) in [6.45, 7) is 2.98. The molecule has 0 aliphatic rings. The van der Waals surface area contributed by atoms with Crippen molar-refractivity contribution in [1.82, 2.24) is 5.32 Å². The van der Waals surface area contributed by atoms with Gasteiger partial charge < -0.3 is 19.2 Å². The van der Waals surface area contributed by atoms with Crippen molar-refractivity contribution in [3.05, 3.63) is 47.9 Å². The van der Waals surface area contributed by atoms with E-state index < -0.39 is 0 Å². The van der Waals surface area contributed by atoms with Crippen LogP contribution in [0.1, 0.15) is 24.3 Å². The summed E-state index contributed by atoms with van der Waals surface area (Å²) < 4.78 is 16.1. The van der Waals surface area contributed by atoms with Gasteiger partial charge in [-0.25, -0.2) is 0 Å².